The summed E-state index contributed by atoms with van der Waals surface area (Å²) in [6.07, 6.45) is 5.60. The Morgan fingerprint density at radius 1 is 1.24 bits per heavy atom. The first-order chi connectivity index (χ1) is 16.4. The van der Waals surface area contributed by atoms with E-state index in [1.54, 1.807) is 23.9 Å². The van der Waals surface area contributed by atoms with Gasteiger partial charge >= 0.3 is 0 Å². The van der Waals surface area contributed by atoms with Crippen molar-refractivity contribution in [2.75, 3.05) is 43.8 Å². The molecule has 34 heavy (non-hydrogen) atoms. The van der Waals surface area contributed by atoms with Crippen LogP contribution in [-0.2, 0) is 14.6 Å². The Hall–Kier alpha value is -3.11. The topological polar surface area (TPSA) is 99.2 Å². The van der Waals surface area contributed by atoms with Crippen molar-refractivity contribution in [3.8, 4) is 17.3 Å². The molecule has 0 bridgehead atoms. The highest BCUT2D eigenvalue weighted by atomic mass is 32.2. The zero-order valence-electron chi connectivity index (χ0n) is 19.3. The summed E-state index contributed by atoms with van der Waals surface area (Å²) in [5.74, 6) is 1.14. The average molecular weight is 485 g/mol. The van der Waals surface area contributed by atoms with E-state index < -0.39 is 9.84 Å². The first-order valence-electron chi connectivity index (χ1n) is 11.4. The fourth-order valence-electron chi connectivity index (χ4n) is 4.54. The second-order valence-electron chi connectivity index (χ2n) is 8.66. The summed E-state index contributed by atoms with van der Waals surface area (Å²) in [5.41, 5.74) is 3.33. The van der Waals surface area contributed by atoms with Crippen LogP contribution in [0.1, 0.15) is 19.3 Å². The zero-order valence-corrected chi connectivity index (χ0v) is 20.1. The Balaban J connectivity index is 1.44. The molecule has 0 unspecified atom stereocenters. The molecule has 1 fully saturated rings. The van der Waals surface area contributed by atoms with E-state index in [4.69, 9.17) is 13.9 Å². The summed E-state index contributed by atoms with van der Waals surface area (Å²) >= 11 is 0. The maximum Gasteiger partial charge on any atom is 0.231 e. The molecule has 0 N–H and O–H groups in total. The molecule has 3 aromatic heterocycles. The Morgan fingerprint density at radius 3 is 2.94 bits per heavy atom. The van der Waals surface area contributed by atoms with Crippen molar-refractivity contribution in [1.82, 2.24) is 14.6 Å². The molecule has 4 heterocycles. The lowest BCUT2D eigenvalue weighted by Crippen LogP contribution is -2.32. The van der Waals surface area contributed by atoms with Gasteiger partial charge in [0.15, 0.2) is 11.4 Å². The largest absolute Gasteiger partial charge is 0.477 e. The monoisotopic (exact) mass is 484 g/mol. The molecule has 0 saturated carbocycles. The molecule has 180 valence electrons. The van der Waals surface area contributed by atoms with Crippen LogP contribution in [0.2, 0.25) is 0 Å². The third kappa shape index (κ3) is 4.60. The molecule has 0 spiro atoms. The van der Waals surface area contributed by atoms with E-state index >= 15 is 0 Å². The van der Waals surface area contributed by atoms with Gasteiger partial charge in [-0.25, -0.2) is 17.9 Å². The number of rotatable bonds is 9. The van der Waals surface area contributed by atoms with E-state index in [1.807, 2.05) is 24.3 Å². The fourth-order valence-corrected chi connectivity index (χ4v) is 5.18. The summed E-state index contributed by atoms with van der Waals surface area (Å²) in [6, 6.07) is 12.1. The highest BCUT2D eigenvalue weighted by Gasteiger charge is 2.27. The Morgan fingerprint density at radius 2 is 2.12 bits per heavy atom. The Labute approximate surface area is 198 Å². The van der Waals surface area contributed by atoms with Crippen LogP contribution in [0.25, 0.3) is 28.1 Å². The number of fused-ring (bicyclic) bond motifs is 2. The number of benzene rings is 1. The number of furan rings is 1. The van der Waals surface area contributed by atoms with Gasteiger partial charge in [0.1, 0.15) is 21.1 Å². The standard InChI is InChI=1S/C24H28N4O5S/c1-31-16-17-6-4-11-27(17)19-7-3-8-21-18(19)14-22(33-21)20-15-25-23-9-10-24(26-28(20)23)32-12-5-13-34(2,29)30/h3,7-10,14-15,17H,4-6,11-13,16H2,1-2H3/t17-/m1/s1. The van der Waals surface area contributed by atoms with E-state index in [1.165, 1.54) is 6.26 Å². The first-order valence-corrected chi connectivity index (χ1v) is 13.4. The third-order valence-electron chi connectivity index (χ3n) is 6.08. The first kappa shape index (κ1) is 22.7. The second-order valence-corrected chi connectivity index (χ2v) is 10.9. The number of ether oxygens (including phenoxy) is 2. The van der Waals surface area contributed by atoms with Gasteiger partial charge in [-0.3, -0.25) is 0 Å². The Kier molecular flexibility index (Phi) is 6.18. The molecule has 1 saturated heterocycles. The van der Waals surface area contributed by atoms with Gasteiger partial charge in [0.05, 0.1) is 31.2 Å². The van der Waals surface area contributed by atoms with E-state index in [9.17, 15) is 8.42 Å². The number of nitrogens with zero attached hydrogens (tertiary/aromatic N) is 4. The molecule has 1 aliphatic rings. The third-order valence-corrected chi connectivity index (χ3v) is 7.11. The maximum absolute atomic E-state index is 11.3. The molecule has 0 radical (unpaired) electrons. The summed E-state index contributed by atoms with van der Waals surface area (Å²) in [7, 11) is -1.27. The van der Waals surface area contributed by atoms with Crippen LogP contribution in [0.15, 0.2) is 47.0 Å². The van der Waals surface area contributed by atoms with Gasteiger partial charge in [0, 0.05) is 37.1 Å². The van der Waals surface area contributed by atoms with Crippen LogP contribution in [0.3, 0.4) is 0 Å². The lowest BCUT2D eigenvalue weighted by atomic mass is 10.1. The average Bonchev–Trinajstić information content (AvgIpc) is 3.53. The normalized spacial score (nSPS) is 16.6. The van der Waals surface area contributed by atoms with Gasteiger partial charge in [0.2, 0.25) is 5.88 Å². The van der Waals surface area contributed by atoms with E-state index in [0.29, 0.717) is 42.1 Å². The molecule has 1 aliphatic heterocycles. The van der Waals surface area contributed by atoms with E-state index in [0.717, 1.165) is 36.0 Å². The quantitative estimate of drug-likeness (QED) is 0.333. The smallest absolute Gasteiger partial charge is 0.231 e. The molecule has 0 aliphatic carbocycles. The van der Waals surface area contributed by atoms with Gasteiger partial charge in [-0.05, 0) is 43.5 Å². The van der Waals surface area contributed by atoms with Crippen molar-refractivity contribution in [2.45, 2.75) is 25.3 Å². The number of aromatic nitrogens is 3. The lowest BCUT2D eigenvalue weighted by Gasteiger charge is -2.26. The van der Waals surface area contributed by atoms with Gasteiger partial charge in [-0.1, -0.05) is 6.07 Å². The molecule has 10 heteroatoms. The SMILES string of the molecule is COC[C@H]1CCCN1c1cccc2oc(-c3cnc4ccc(OCCCS(C)(=O)=O)nn34)cc12. The molecular weight excluding hydrogens is 456 g/mol. The van der Waals surface area contributed by atoms with Crippen LogP contribution < -0.4 is 9.64 Å². The van der Waals surface area contributed by atoms with Crippen LogP contribution >= 0.6 is 0 Å². The molecule has 5 rings (SSSR count). The number of hydrogen-bond donors (Lipinski definition) is 0. The van der Waals surface area contributed by atoms with Crippen LogP contribution in [0, 0.1) is 0 Å². The number of sulfone groups is 1. The van der Waals surface area contributed by atoms with Gasteiger partial charge in [0.25, 0.3) is 0 Å². The fraction of sp³-hybridized carbons (Fsp3) is 0.417. The predicted octanol–water partition coefficient (Wildman–Crippen LogP) is 3.57. The molecule has 1 atom stereocenters. The highest BCUT2D eigenvalue weighted by Crippen LogP contribution is 2.37. The summed E-state index contributed by atoms with van der Waals surface area (Å²) in [4.78, 5) is 6.85. The van der Waals surface area contributed by atoms with E-state index in [-0.39, 0.29) is 12.4 Å². The van der Waals surface area contributed by atoms with Crippen LogP contribution in [0.5, 0.6) is 5.88 Å². The predicted molar refractivity (Wildman–Crippen MR) is 130 cm³/mol. The summed E-state index contributed by atoms with van der Waals surface area (Å²) in [6.45, 7) is 1.96. The van der Waals surface area contributed by atoms with Crippen molar-refractivity contribution in [2.24, 2.45) is 0 Å². The van der Waals surface area contributed by atoms with Crippen molar-refractivity contribution in [3.05, 3.63) is 42.6 Å². The lowest BCUT2D eigenvalue weighted by molar-refractivity contribution is 0.181. The van der Waals surface area contributed by atoms with Gasteiger partial charge in [-0.15, -0.1) is 5.10 Å². The molecule has 4 aromatic rings. The minimum absolute atomic E-state index is 0.0785. The number of anilines is 1. The highest BCUT2D eigenvalue weighted by molar-refractivity contribution is 7.90. The maximum atomic E-state index is 11.3. The van der Waals surface area contributed by atoms with Crippen molar-refractivity contribution < 1.29 is 22.3 Å². The van der Waals surface area contributed by atoms with Crippen molar-refractivity contribution >= 4 is 32.1 Å². The zero-order chi connectivity index (χ0) is 23.7. The Bertz CT molecular complexity index is 1410. The van der Waals surface area contributed by atoms with Crippen molar-refractivity contribution in [1.29, 1.82) is 0 Å². The number of imidazole rings is 1. The number of methoxy groups -OCH3 is 1. The molecule has 0 amide bonds. The molecule has 1 aromatic carbocycles. The van der Waals surface area contributed by atoms with Gasteiger partial charge in [-0.2, -0.15) is 0 Å². The summed E-state index contributed by atoms with van der Waals surface area (Å²) in [5, 5.41) is 5.59. The van der Waals surface area contributed by atoms with Gasteiger partial charge < -0.3 is 18.8 Å². The summed E-state index contributed by atoms with van der Waals surface area (Å²) < 4.78 is 41.7. The molecular formula is C24H28N4O5S. The minimum Gasteiger partial charge on any atom is -0.477 e. The number of hydrogen-bond acceptors (Lipinski definition) is 8. The van der Waals surface area contributed by atoms with Crippen LogP contribution in [-0.4, -0.2) is 67.9 Å². The molecule has 9 nitrogen and oxygen atoms in total. The van der Waals surface area contributed by atoms with Crippen molar-refractivity contribution in [3.63, 3.8) is 0 Å². The van der Waals surface area contributed by atoms with Crippen LogP contribution in [0.4, 0.5) is 5.69 Å². The second kappa shape index (κ2) is 9.27. The minimum atomic E-state index is -3.01. The van der Waals surface area contributed by atoms with E-state index in [2.05, 4.69) is 21.0 Å².